The number of halogens is 1. The van der Waals surface area contributed by atoms with Crippen LogP contribution in [0.4, 0.5) is 9.39 Å². The van der Waals surface area contributed by atoms with E-state index in [0.717, 1.165) is 49.0 Å². The number of benzene rings is 1. The van der Waals surface area contributed by atoms with Crippen LogP contribution in [-0.2, 0) is 22.4 Å². The van der Waals surface area contributed by atoms with E-state index in [2.05, 4.69) is 5.32 Å². The Morgan fingerprint density at radius 2 is 2.00 bits per heavy atom. The van der Waals surface area contributed by atoms with Gasteiger partial charge in [0.25, 0.3) is 5.91 Å². The summed E-state index contributed by atoms with van der Waals surface area (Å²) >= 11 is 1.37. The Bertz CT molecular complexity index is 1000. The van der Waals surface area contributed by atoms with Crippen LogP contribution in [0.25, 0.3) is 6.08 Å². The standard InChI is InChI=1S/C23H23FN2O3S/c1-2-3-12-29-23(28)20-18-6-4-5-7-19(18)30-22(20)26-21(27)16(14-25)13-15-8-10-17(24)11-9-15/h8-11,13H,2-7,12H2,1H3,(H,26,27). The third-order valence-electron chi connectivity index (χ3n) is 4.88. The minimum absolute atomic E-state index is 0.127. The number of unbranched alkanes of at least 4 members (excludes halogenated alkanes) is 1. The van der Waals surface area contributed by atoms with Crippen LogP contribution >= 0.6 is 11.3 Å². The fourth-order valence-electron chi connectivity index (χ4n) is 3.30. The van der Waals surface area contributed by atoms with Crippen LogP contribution in [-0.4, -0.2) is 18.5 Å². The number of aryl methyl sites for hydroxylation is 1. The third kappa shape index (κ3) is 5.14. The van der Waals surface area contributed by atoms with Crippen LogP contribution in [0.2, 0.25) is 0 Å². The number of nitriles is 1. The second-order valence-corrected chi connectivity index (χ2v) is 8.19. The van der Waals surface area contributed by atoms with Crippen LogP contribution in [0.15, 0.2) is 29.8 Å². The molecule has 1 aromatic heterocycles. The first-order valence-corrected chi connectivity index (χ1v) is 10.9. The molecule has 30 heavy (non-hydrogen) atoms. The summed E-state index contributed by atoms with van der Waals surface area (Å²) in [5.74, 6) is -1.44. The molecule has 7 heteroatoms. The molecule has 1 aliphatic rings. The number of nitrogens with one attached hydrogen (secondary N) is 1. The molecule has 1 N–H and O–H groups in total. The number of nitrogens with zero attached hydrogens (tertiary/aromatic N) is 1. The number of hydrogen-bond acceptors (Lipinski definition) is 5. The van der Waals surface area contributed by atoms with E-state index in [1.807, 2.05) is 13.0 Å². The number of fused-ring (bicyclic) bond motifs is 1. The van der Waals surface area contributed by atoms with Gasteiger partial charge in [-0.3, -0.25) is 4.79 Å². The molecule has 0 spiro atoms. The van der Waals surface area contributed by atoms with Crippen molar-refractivity contribution < 1.29 is 18.7 Å². The van der Waals surface area contributed by atoms with Crippen molar-refractivity contribution in [2.24, 2.45) is 0 Å². The molecule has 1 aliphatic carbocycles. The first kappa shape index (κ1) is 21.7. The molecule has 0 aliphatic heterocycles. The maximum Gasteiger partial charge on any atom is 0.341 e. The van der Waals surface area contributed by atoms with Gasteiger partial charge in [0, 0.05) is 4.88 Å². The van der Waals surface area contributed by atoms with Gasteiger partial charge in [-0.2, -0.15) is 5.26 Å². The largest absolute Gasteiger partial charge is 0.462 e. The predicted molar refractivity (Wildman–Crippen MR) is 115 cm³/mol. The smallest absolute Gasteiger partial charge is 0.341 e. The monoisotopic (exact) mass is 426 g/mol. The number of anilines is 1. The number of thiophene rings is 1. The van der Waals surface area contributed by atoms with Crippen molar-refractivity contribution in [3.63, 3.8) is 0 Å². The molecule has 2 aromatic rings. The number of hydrogen-bond donors (Lipinski definition) is 1. The van der Waals surface area contributed by atoms with E-state index in [1.165, 1.54) is 41.7 Å². The second kappa shape index (κ2) is 10.2. The molecular weight excluding hydrogens is 403 g/mol. The summed E-state index contributed by atoms with van der Waals surface area (Å²) in [5.41, 5.74) is 1.77. The molecule has 0 bridgehead atoms. The van der Waals surface area contributed by atoms with Crippen molar-refractivity contribution in [3.8, 4) is 6.07 Å². The Morgan fingerprint density at radius 1 is 1.27 bits per heavy atom. The number of carbonyl (C=O) groups excluding carboxylic acids is 2. The van der Waals surface area contributed by atoms with Crippen molar-refractivity contribution in [1.82, 2.24) is 0 Å². The van der Waals surface area contributed by atoms with Crippen molar-refractivity contribution in [3.05, 3.63) is 57.2 Å². The van der Waals surface area contributed by atoms with Gasteiger partial charge in [0.05, 0.1) is 12.2 Å². The van der Waals surface area contributed by atoms with Crippen molar-refractivity contribution in [2.75, 3.05) is 11.9 Å². The van der Waals surface area contributed by atoms with E-state index in [1.54, 1.807) is 0 Å². The number of ether oxygens (including phenoxy) is 1. The van der Waals surface area contributed by atoms with Crippen LogP contribution < -0.4 is 5.32 Å². The maximum absolute atomic E-state index is 13.1. The van der Waals surface area contributed by atoms with Gasteiger partial charge in [-0.1, -0.05) is 25.5 Å². The Balaban J connectivity index is 1.86. The summed E-state index contributed by atoms with van der Waals surface area (Å²) in [6.07, 6.45) is 6.75. The summed E-state index contributed by atoms with van der Waals surface area (Å²) in [7, 11) is 0. The zero-order chi connectivity index (χ0) is 21.5. The molecule has 0 saturated heterocycles. The number of carbonyl (C=O) groups is 2. The summed E-state index contributed by atoms with van der Waals surface area (Å²) < 4.78 is 18.5. The Morgan fingerprint density at radius 3 is 2.70 bits per heavy atom. The minimum Gasteiger partial charge on any atom is -0.462 e. The zero-order valence-corrected chi connectivity index (χ0v) is 17.6. The van der Waals surface area contributed by atoms with E-state index in [0.29, 0.717) is 22.7 Å². The topological polar surface area (TPSA) is 79.2 Å². The summed E-state index contributed by atoms with van der Waals surface area (Å²) in [6.45, 7) is 2.35. The fourth-order valence-corrected chi connectivity index (χ4v) is 4.57. The van der Waals surface area contributed by atoms with Crippen LogP contribution in [0.3, 0.4) is 0 Å². The van der Waals surface area contributed by atoms with Gasteiger partial charge >= 0.3 is 5.97 Å². The number of amides is 1. The summed E-state index contributed by atoms with van der Waals surface area (Å²) in [5, 5.41) is 12.6. The quantitative estimate of drug-likeness (QED) is 0.283. The van der Waals surface area contributed by atoms with Gasteiger partial charge in [0.15, 0.2) is 0 Å². The van der Waals surface area contributed by atoms with Gasteiger partial charge in [0.1, 0.15) is 22.5 Å². The molecule has 1 aromatic carbocycles. The Hall–Kier alpha value is -2.98. The molecule has 1 amide bonds. The molecule has 1 heterocycles. The SMILES string of the molecule is CCCCOC(=O)c1c(NC(=O)C(C#N)=Cc2ccc(F)cc2)sc2c1CCCC2. The molecule has 0 fully saturated rings. The third-order valence-corrected chi connectivity index (χ3v) is 6.09. The highest BCUT2D eigenvalue weighted by molar-refractivity contribution is 7.17. The van der Waals surface area contributed by atoms with Crippen LogP contribution in [0, 0.1) is 17.1 Å². The van der Waals surface area contributed by atoms with E-state index >= 15 is 0 Å². The first-order valence-electron chi connectivity index (χ1n) is 10.0. The maximum atomic E-state index is 13.1. The van der Waals surface area contributed by atoms with Gasteiger partial charge < -0.3 is 10.1 Å². The predicted octanol–water partition coefficient (Wildman–Crippen LogP) is 5.27. The fraction of sp³-hybridized carbons (Fsp3) is 0.348. The number of rotatable bonds is 7. The highest BCUT2D eigenvalue weighted by Gasteiger charge is 2.27. The highest BCUT2D eigenvalue weighted by Crippen LogP contribution is 2.38. The van der Waals surface area contributed by atoms with E-state index in [9.17, 15) is 19.2 Å². The van der Waals surface area contributed by atoms with Gasteiger partial charge in [-0.15, -0.1) is 11.3 Å². The lowest BCUT2D eigenvalue weighted by Crippen LogP contribution is -2.17. The van der Waals surface area contributed by atoms with E-state index in [4.69, 9.17) is 4.74 Å². The molecule has 5 nitrogen and oxygen atoms in total. The summed E-state index contributed by atoms with van der Waals surface area (Å²) in [4.78, 5) is 26.6. The lowest BCUT2D eigenvalue weighted by atomic mass is 9.95. The average molecular weight is 427 g/mol. The van der Waals surface area contributed by atoms with Gasteiger partial charge in [-0.25, -0.2) is 9.18 Å². The Labute approximate surface area is 179 Å². The molecule has 0 saturated carbocycles. The van der Waals surface area contributed by atoms with E-state index < -0.39 is 17.7 Å². The molecular formula is C23H23FN2O3S. The first-order chi connectivity index (χ1) is 14.5. The average Bonchev–Trinajstić information content (AvgIpc) is 3.11. The lowest BCUT2D eigenvalue weighted by molar-refractivity contribution is -0.112. The van der Waals surface area contributed by atoms with Gasteiger partial charge in [0.2, 0.25) is 0 Å². The molecule has 0 atom stereocenters. The van der Waals surface area contributed by atoms with Crippen LogP contribution in [0.1, 0.15) is 59.0 Å². The van der Waals surface area contributed by atoms with Gasteiger partial charge in [-0.05, 0) is 61.4 Å². The van der Waals surface area contributed by atoms with Crippen molar-refractivity contribution >= 4 is 34.3 Å². The van der Waals surface area contributed by atoms with Crippen molar-refractivity contribution in [2.45, 2.75) is 45.4 Å². The highest BCUT2D eigenvalue weighted by atomic mass is 32.1. The molecule has 3 rings (SSSR count). The molecule has 0 unspecified atom stereocenters. The zero-order valence-electron chi connectivity index (χ0n) is 16.8. The Kier molecular flexibility index (Phi) is 7.36. The van der Waals surface area contributed by atoms with E-state index in [-0.39, 0.29) is 5.57 Å². The lowest BCUT2D eigenvalue weighted by Gasteiger charge is -2.12. The summed E-state index contributed by atoms with van der Waals surface area (Å²) in [6, 6.07) is 7.37. The van der Waals surface area contributed by atoms with Crippen molar-refractivity contribution in [1.29, 1.82) is 5.26 Å². The normalized spacial score (nSPS) is 13.3. The second-order valence-electron chi connectivity index (χ2n) is 7.08. The molecule has 0 radical (unpaired) electrons. The van der Waals surface area contributed by atoms with Crippen LogP contribution in [0.5, 0.6) is 0 Å². The number of esters is 1. The molecule has 156 valence electrons. The minimum atomic E-state index is -0.608.